The topological polar surface area (TPSA) is 42.7 Å². The van der Waals surface area contributed by atoms with Crippen molar-refractivity contribution >= 4 is 17.4 Å². The number of rotatable bonds is 2. The van der Waals surface area contributed by atoms with Crippen LogP contribution in [0.3, 0.4) is 0 Å². The molecule has 2 aromatic rings. The van der Waals surface area contributed by atoms with Gasteiger partial charge in [0.05, 0.1) is 5.02 Å². The van der Waals surface area contributed by atoms with Gasteiger partial charge < -0.3 is 5.32 Å². The summed E-state index contributed by atoms with van der Waals surface area (Å²) in [4.78, 5) is 4.25. The molecular weight excluding hydrogens is 236 g/mol. The van der Waals surface area contributed by atoms with Gasteiger partial charge in [0.2, 0.25) is 0 Å². The molecule has 17 heavy (non-hydrogen) atoms. The summed E-state index contributed by atoms with van der Waals surface area (Å²) in [6.45, 7) is 0.949. The molecule has 0 aromatic carbocycles. The Balaban J connectivity index is 1.74. The Bertz CT molecular complexity index is 523. The Morgan fingerprint density at radius 1 is 1.35 bits per heavy atom. The number of pyridine rings is 1. The van der Waals surface area contributed by atoms with Gasteiger partial charge in [0.1, 0.15) is 5.82 Å². The standard InChI is InChI=1S/C12H13ClN4/c13-11-2-1-5-14-12(11)16-9-4-7-17-10(8-9)3-6-15-17/h1-3,5-6,9H,4,7-8H2,(H,14,16). The third-order valence-corrected chi connectivity index (χ3v) is 3.35. The highest BCUT2D eigenvalue weighted by molar-refractivity contribution is 6.32. The lowest BCUT2D eigenvalue weighted by Gasteiger charge is -2.25. The van der Waals surface area contributed by atoms with Crippen LogP contribution >= 0.6 is 11.6 Å². The summed E-state index contributed by atoms with van der Waals surface area (Å²) >= 11 is 6.08. The van der Waals surface area contributed by atoms with Crippen molar-refractivity contribution in [1.29, 1.82) is 0 Å². The van der Waals surface area contributed by atoms with Crippen LogP contribution in [-0.4, -0.2) is 20.8 Å². The van der Waals surface area contributed by atoms with Crippen LogP contribution in [0.15, 0.2) is 30.6 Å². The van der Waals surface area contributed by atoms with Crippen molar-refractivity contribution in [1.82, 2.24) is 14.8 Å². The van der Waals surface area contributed by atoms with Gasteiger partial charge in [-0.25, -0.2) is 4.98 Å². The highest BCUT2D eigenvalue weighted by atomic mass is 35.5. The quantitative estimate of drug-likeness (QED) is 0.887. The number of fused-ring (bicyclic) bond motifs is 1. The summed E-state index contributed by atoms with van der Waals surface area (Å²) in [5.41, 5.74) is 1.26. The van der Waals surface area contributed by atoms with Gasteiger partial charge in [-0.15, -0.1) is 0 Å². The van der Waals surface area contributed by atoms with Crippen molar-refractivity contribution in [3.8, 4) is 0 Å². The Hall–Kier alpha value is -1.55. The van der Waals surface area contributed by atoms with Gasteiger partial charge in [-0.1, -0.05) is 11.6 Å². The molecule has 2 aromatic heterocycles. The normalized spacial score (nSPS) is 18.8. The SMILES string of the molecule is Clc1cccnc1NC1CCn2nccc2C1. The van der Waals surface area contributed by atoms with Gasteiger partial charge in [0.25, 0.3) is 0 Å². The number of anilines is 1. The summed E-state index contributed by atoms with van der Waals surface area (Å²) in [5, 5.41) is 8.33. The van der Waals surface area contributed by atoms with Gasteiger partial charge in [-0.05, 0) is 24.6 Å². The van der Waals surface area contributed by atoms with Crippen LogP contribution in [0.1, 0.15) is 12.1 Å². The average molecular weight is 249 g/mol. The van der Waals surface area contributed by atoms with Crippen LogP contribution < -0.4 is 5.32 Å². The van der Waals surface area contributed by atoms with E-state index in [2.05, 4.69) is 26.1 Å². The van der Waals surface area contributed by atoms with Gasteiger partial charge in [0.15, 0.2) is 0 Å². The predicted octanol–water partition coefficient (Wildman–Crippen LogP) is 2.36. The monoisotopic (exact) mass is 248 g/mol. The summed E-state index contributed by atoms with van der Waals surface area (Å²) in [6.07, 6.45) is 5.61. The van der Waals surface area contributed by atoms with E-state index in [-0.39, 0.29) is 0 Å². The van der Waals surface area contributed by atoms with E-state index in [0.717, 1.165) is 25.2 Å². The van der Waals surface area contributed by atoms with E-state index in [9.17, 15) is 0 Å². The fraction of sp³-hybridized carbons (Fsp3) is 0.333. The molecule has 88 valence electrons. The van der Waals surface area contributed by atoms with Crippen LogP contribution in [-0.2, 0) is 13.0 Å². The highest BCUT2D eigenvalue weighted by Gasteiger charge is 2.19. The fourth-order valence-corrected chi connectivity index (χ4v) is 2.35. The Morgan fingerprint density at radius 3 is 3.18 bits per heavy atom. The molecule has 0 spiro atoms. The molecule has 3 heterocycles. The number of nitrogens with zero attached hydrogens (tertiary/aromatic N) is 3. The molecule has 0 amide bonds. The summed E-state index contributed by atoms with van der Waals surface area (Å²) in [7, 11) is 0. The molecule has 0 saturated heterocycles. The first kappa shape index (κ1) is 10.6. The summed E-state index contributed by atoms with van der Waals surface area (Å²) in [6, 6.07) is 6.13. The summed E-state index contributed by atoms with van der Waals surface area (Å²) < 4.78 is 2.05. The maximum Gasteiger partial charge on any atom is 0.144 e. The van der Waals surface area contributed by atoms with Crippen LogP contribution in [0.2, 0.25) is 5.02 Å². The minimum Gasteiger partial charge on any atom is -0.366 e. The number of hydrogen-bond donors (Lipinski definition) is 1. The maximum atomic E-state index is 6.08. The molecule has 1 aliphatic rings. The molecule has 0 saturated carbocycles. The first-order valence-corrected chi connectivity index (χ1v) is 6.08. The number of aryl methyl sites for hydroxylation is 1. The molecule has 4 nitrogen and oxygen atoms in total. The first-order valence-electron chi connectivity index (χ1n) is 5.70. The molecule has 1 atom stereocenters. The molecule has 0 fully saturated rings. The average Bonchev–Trinajstić information content (AvgIpc) is 2.79. The third-order valence-electron chi connectivity index (χ3n) is 3.05. The van der Waals surface area contributed by atoms with Crippen LogP contribution in [0.25, 0.3) is 0 Å². The lowest BCUT2D eigenvalue weighted by atomic mass is 10.0. The van der Waals surface area contributed by atoms with Crippen LogP contribution in [0.4, 0.5) is 5.82 Å². The Labute approximate surface area is 105 Å². The predicted molar refractivity (Wildman–Crippen MR) is 67.2 cm³/mol. The molecule has 1 aliphatic heterocycles. The van der Waals surface area contributed by atoms with E-state index in [1.807, 2.05) is 18.3 Å². The van der Waals surface area contributed by atoms with E-state index in [1.54, 1.807) is 6.20 Å². The fourth-order valence-electron chi connectivity index (χ4n) is 2.18. The zero-order chi connectivity index (χ0) is 11.7. The summed E-state index contributed by atoms with van der Waals surface area (Å²) in [5.74, 6) is 0.770. The largest absolute Gasteiger partial charge is 0.366 e. The molecule has 0 aliphatic carbocycles. The van der Waals surface area contributed by atoms with Gasteiger partial charge >= 0.3 is 0 Å². The van der Waals surface area contributed by atoms with Crippen LogP contribution in [0, 0.1) is 0 Å². The van der Waals surface area contributed by atoms with Crippen molar-refractivity contribution in [2.45, 2.75) is 25.4 Å². The minimum absolute atomic E-state index is 0.381. The first-order chi connectivity index (χ1) is 8.33. The van der Waals surface area contributed by atoms with E-state index in [4.69, 9.17) is 11.6 Å². The van der Waals surface area contributed by atoms with Crippen molar-refractivity contribution in [2.75, 3.05) is 5.32 Å². The van der Waals surface area contributed by atoms with E-state index < -0.39 is 0 Å². The lowest BCUT2D eigenvalue weighted by Crippen LogP contribution is -2.30. The molecule has 3 rings (SSSR count). The molecule has 0 bridgehead atoms. The Morgan fingerprint density at radius 2 is 2.29 bits per heavy atom. The second kappa shape index (κ2) is 4.37. The van der Waals surface area contributed by atoms with Gasteiger partial charge in [-0.2, -0.15) is 5.10 Å². The van der Waals surface area contributed by atoms with Gasteiger partial charge in [-0.3, -0.25) is 4.68 Å². The van der Waals surface area contributed by atoms with Crippen LogP contribution in [0.5, 0.6) is 0 Å². The van der Waals surface area contributed by atoms with E-state index >= 15 is 0 Å². The van der Waals surface area contributed by atoms with Crippen molar-refractivity contribution < 1.29 is 0 Å². The number of aromatic nitrogens is 3. The van der Waals surface area contributed by atoms with E-state index in [0.29, 0.717) is 11.1 Å². The minimum atomic E-state index is 0.381. The maximum absolute atomic E-state index is 6.08. The second-order valence-electron chi connectivity index (χ2n) is 4.21. The van der Waals surface area contributed by atoms with E-state index in [1.165, 1.54) is 5.69 Å². The lowest BCUT2D eigenvalue weighted by molar-refractivity contribution is 0.455. The van der Waals surface area contributed by atoms with Crippen molar-refractivity contribution in [3.63, 3.8) is 0 Å². The molecule has 1 N–H and O–H groups in total. The molecule has 5 heteroatoms. The molecule has 0 radical (unpaired) electrons. The smallest absolute Gasteiger partial charge is 0.144 e. The van der Waals surface area contributed by atoms with Crippen molar-refractivity contribution in [2.24, 2.45) is 0 Å². The molecular formula is C12H13ClN4. The van der Waals surface area contributed by atoms with Gasteiger partial charge in [0, 0.05) is 37.1 Å². The zero-order valence-corrected chi connectivity index (χ0v) is 10.1. The Kier molecular flexibility index (Phi) is 2.73. The molecule has 1 unspecified atom stereocenters. The second-order valence-corrected chi connectivity index (χ2v) is 4.62. The highest BCUT2D eigenvalue weighted by Crippen LogP contribution is 2.22. The number of hydrogen-bond acceptors (Lipinski definition) is 3. The van der Waals surface area contributed by atoms with Crippen molar-refractivity contribution in [3.05, 3.63) is 41.3 Å². The number of halogens is 1. The number of nitrogens with one attached hydrogen (secondary N) is 1. The zero-order valence-electron chi connectivity index (χ0n) is 9.31. The third kappa shape index (κ3) is 2.13.